The molecule has 1 amide bonds. The second-order valence-corrected chi connectivity index (χ2v) is 9.34. The minimum absolute atomic E-state index is 0.00391. The molecule has 2 heterocycles. The van der Waals surface area contributed by atoms with Gasteiger partial charge in [0.1, 0.15) is 6.61 Å². The lowest BCUT2D eigenvalue weighted by atomic mass is 9.80. The van der Waals surface area contributed by atoms with E-state index in [-0.39, 0.29) is 41.7 Å². The zero-order chi connectivity index (χ0) is 23.6. The van der Waals surface area contributed by atoms with Crippen molar-refractivity contribution in [3.05, 3.63) is 39.9 Å². The maximum absolute atomic E-state index is 13.0. The molecular formula is C21H29N5O5S. The first kappa shape index (κ1) is 24.1. The van der Waals surface area contributed by atoms with Crippen molar-refractivity contribution in [1.29, 1.82) is 5.41 Å². The fourth-order valence-electron chi connectivity index (χ4n) is 4.41. The van der Waals surface area contributed by atoms with Gasteiger partial charge in [-0.15, -0.1) is 0 Å². The van der Waals surface area contributed by atoms with Crippen LogP contribution in [0.15, 0.2) is 24.3 Å². The van der Waals surface area contributed by atoms with Gasteiger partial charge < -0.3 is 20.8 Å². The predicted octanol–water partition coefficient (Wildman–Crippen LogP) is 1.23. The molecule has 1 aromatic rings. The number of non-ortho nitro benzene ring substituents is 1. The molecule has 2 saturated heterocycles. The van der Waals surface area contributed by atoms with Gasteiger partial charge in [-0.2, -0.15) is 12.6 Å². The summed E-state index contributed by atoms with van der Waals surface area (Å²) >= 11 is 4.48. The highest BCUT2D eigenvalue weighted by Crippen LogP contribution is 2.31. The Morgan fingerprint density at radius 1 is 1.34 bits per heavy atom. The summed E-state index contributed by atoms with van der Waals surface area (Å²) in [5.74, 6) is -1.18. The van der Waals surface area contributed by atoms with E-state index in [0.717, 1.165) is 6.54 Å². The quantitative estimate of drug-likeness (QED) is 0.181. The van der Waals surface area contributed by atoms with Gasteiger partial charge in [0, 0.05) is 48.6 Å². The Kier molecular flexibility index (Phi) is 7.21. The molecule has 2 fully saturated rings. The van der Waals surface area contributed by atoms with E-state index in [1.54, 1.807) is 4.90 Å². The van der Waals surface area contributed by atoms with Crippen molar-refractivity contribution in [2.45, 2.75) is 43.2 Å². The van der Waals surface area contributed by atoms with E-state index in [2.05, 4.69) is 12.6 Å². The third-order valence-corrected chi connectivity index (χ3v) is 6.80. The van der Waals surface area contributed by atoms with Crippen LogP contribution in [0.2, 0.25) is 0 Å². The van der Waals surface area contributed by atoms with E-state index in [1.165, 1.54) is 31.2 Å². The van der Waals surface area contributed by atoms with Crippen molar-refractivity contribution in [2.75, 3.05) is 26.7 Å². The van der Waals surface area contributed by atoms with E-state index in [4.69, 9.17) is 15.9 Å². The van der Waals surface area contributed by atoms with Crippen LogP contribution >= 0.6 is 12.6 Å². The molecule has 0 saturated carbocycles. The van der Waals surface area contributed by atoms with Gasteiger partial charge in [0.2, 0.25) is 5.91 Å². The summed E-state index contributed by atoms with van der Waals surface area (Å²) in [5.41, 5.74) is 5.27. The first-order chi connectivity index (χ1) is 15.0. The highest BCUT2D eigenvalue weighted by Gasteiger charge is 2.50. The molecule has 0 aromatic heterocycles. The summed E-state index contributed by atoms with van der Waals surface area (Å²) < 4.78 is 5.40. The number of nitrogens with two attached hydrogens (primary N) is 1. The highest BCUT2D eigenvalue weighted by molar-refractivity contribution is 7.81. The zero-order valence-electron chi connectivity index (χ0n) is 18.2. The van der Waals surface area contributed by atoms with Crippen LogP contribution in [0.5, 0.6) is 0 Å². The van der Waals surface area contributed by atoms with Crippen LogP contribution in [0, 0.1) is 21.4 Å². The fourth-order valence-corrected chi connectivity index (χ4v) is 4.87. The van der Waals surface area contributed by atoms with Crippen LogP contribution in [0.4, 0.5) is 5.69 Å². The lowest BCUT2D eigenvalue weighted by Gasteiger charge is -2.33. The minimum Gasteiger partial charge on any atom is -0.459 e. The van der Waals surface area contributed by atoms with E-state index in [0.29, 0.717) is 24.9 Å². The number of nitro benzene ring substituents is 1. The van der Waals surface area contributed by atoms with Crippen LogP contribution in [0.1, 0.15) is 25.3 Å². The van der Waals surface area contributed by atoms with Crippen molar-refractivity contribution in [3.8, 4) is 0 Å². The molecule has 2 aliphatic heterocycles. The molecule has 0 aliphatic carbocycles. The fraction of sp³-hybridized carbons (Fsp3) is 0.571. The van der Waals surface area contributed by atoms with Crippen molar-refractivity contribution in [3.63, 3.8) is 0 Å². The Labute approximate surface area is 192 Å². The number of nitro groups is 1. The number of benzene rings is 1. The van der Waals surface area contributed by atoms with Crippen LogP contribution in [0.25, 0.3) is 0 Å². The van der Waals surface area contributed by atoms with Gasteiger partial charge in [-0.25, -0.2) is 4.79 Å². The third kappa shape index (κ3) is 4.79. The van der Waals surface area contributed by atoms with Gasteiger partial charge in [0.15, 0.2) is 5.54 Å². The van der Waals surface area contributed by atoms with Crippen LogP contribution in [-0.2, 0) is 20.9 Å². The number of carbonyl (C=O) groups is 2. The second-order valence-electron chi connectivity index (χ2n) is 8.61. The van der Waals surface area contributed by atoms with Crippen LogP contribution in [-0.4, -0.2) is 75.8 Å². The first-order valence-electron chi connectivity index (χ1n) is 10.5. The molecule has 32 heavy (non-hydrogen) atoms. The summed E-state index contributed by atoms with van der Waals surface area (Å²) in [6.45, 7) is 2.83. The van der Waals surface area contributed by atoms with Crippen molar-refractivity contribution < 1.29 is 19.2 Å². The summed E-state index contributed by atoms with van der Waals surface area (Å²) in [5, 5.41) is 19.1. The molecule has 1 unspecified atom stereocenters. The largest absolute Gasteiger partial charge is 0.459 e. The molecule has 3 N–H and O–H groups in total. The molecule has 2 aliphatic rings. The lowest BCUT2D eigenvalue weighted by molar-refractivity contribution is -0.384. The lowest BCUT2D eigenvalue weighted by Crippen LogP contribution is -2.60. The number of likely N-dealkylation sites (tertiary alicyclic amines) is 2. The Morgan fingerprint density at radius 3 is 2.53 bits per heavy atom. The summed E-state index contributed by atoms with van der Waals surface area (Å²) in [6.07, 6.45) is 1.17. The number of likely N-dealkylation sites (N-methyl/N-ethyl adjacent to an activating group) is 1. The zero-order valence-corrected chi connectivity index (χ0v) is 19.1. The second kappa shape index (κ2) is 9.55. The van der Waals surface area contributed by atoms with Gasteiger partial charge in [0.25, 0.3) is 5.69 Å². The van der Waals surface area contributed by atoms with E-state index in [9.17, 15) is 19.7 Å². The molecular weight excluding hydrogens is 434 g/mol. The number of amides is 1. The van der Waals surface area contributed by atoms with Crippen molar-refractivity contribution >= 4 is 35.9 Å². The first-order valence-corrected chi connectivity index (χ1v) is 11.0. The molecule has 3 rings (SSSR count). The Morgan fingerprint density at radius 2 is 2.00 bits per heavy atom. The summed E-state index contributed by atoms with van der Waals surface area (Å²) in [4.78, 5) is 39.9. The van der Waals surface area contributed by atoms with Gasteiger partial charge in [-0.05, 0) is 44.5 Å². The minimum atomic E-state index is -1.65. The van der Waals surface area contributed by atoms with Gasteiger partial charge in [-0.1, -0.05) is 0 Å². The van der Waals surface area contributed by atoms with E-state index >= 15 is 0 Å². The average Bonchev–Trinajstić information content (AvgIpc) is 3.37. The smallest absolute Gasteiger partial charge is 0.332 e. The summed E-state index contributed by atoms with van der Waals surface area (Å²) in [6, 6.07) is 5.43. The standard InChI is InChI=1S/C21H29N5O5S/c1-13(22)21(23,20(28)31-12-14-3-5-16(6-4-14)26(29)30)15-7-8-25(10-15)19(27)18-9-17(32)11-24(18)2/h3-6,15,17-18,22,32H,7-12,23H2,1-2H3/t15-,17-,18-,21?/m0/s1. The normalized spacial score (nSPS) is 25.4. The molecule has 10 nitrogen and oxygen atoms in total. The number of carbonyl (C=O) groups excluding carboxylic acids is 2. The summed E-state index contributed by atoms with van der Waals surface area (Å²) in [7, 11) is 1.90. The Balaban J connectivity index is 1.65. The van der Waals surface area contributed by atoms with E-state index < -0.39 is 22.3 Å². The third-order valence-electron chi connectivity index (χ3n) is 6.43. The predicted molar refractivity (Wildman–Crippen MR) is 122 cm³/mol. The number of rotatable bonds is 7. The highest BCUT2D eigenvalue weighted by atomic mass is 32.1. The number of hydrogen-bond acceptors (Lipinski definition) is 9. The number of hydrogen-bond donors (Lipinski definition) is 3. The molecule has 0 spiro atoms. The van der Waals surface area contributed by atoms with Gasteiger partial charge in [0.05, 0.1) is 11.0 Å². The van der Waals surface area contributed by atoms with Crippen LogP contribution < -0.4 is 5.73 Å². The molecule has 174 valence electrons. The van der Waals surface area contributed by atoms with Crippen LogP contribution in [0.3, 0.4) is 0 Å². The van der Waals surface area contributed by atoms with Crippen molar-refractivity contribution in [2.24, 2.45) is 11.7 Å². The number of nitrogens with one attached hydrogen (secondary N) is 1. The topological polar surface area (TPSA) is 143 Å². The molecule has 0 radical (unpaired) electrons. The SMILES string of the molecule is CC(=N)C(N)(C(=O)OCc1ccc([N+](=O)[O-])cc1)[C@H]1CCN(C(=O)[C@@H]2C[C@H](S)CN2C)C1. The maximum atomic E-state index is 13.0. The molecule has 11 heteroatoms. The van der Waals surface area contributed by atoms with Crippen molar-refractivity contribution in [1.82, 2.24) is 9.80 Å². The maximum Gasteiger partial charge on any atom is 0.332 e. The monoisotopic (exact) mass is 463 g/mol. The molecule has 1 aromatic carbocycles. The Hall–Kier alpha value is -2.50. The number of ether oxygens (including phenoxy) is 1. The average molecular weight is 464 g/mol. The van der Waals surface area contributed by atoms with Gasteiger partial charge >= 0.3 is 5.97 Å². The number of nitrogens with zero attached hydrogens (tertiary/aromatic N) is 3. The molecule has 4 atom stereocenters. The molecule has 0 bridgehead atoms. The Bertz CT molecular complexity index is 910. The van der Waals surface area contributed by atoms with E-state index in [1.807, 2.05) is 11.9 Å². The van der Waals surface area contributed by atoms with Gasteiger partial charge in [-0.3, -0.25) is 19.8 Å². The number of thiol groups is 1. The number of esters is 1.